The predicted octanol–water partition coefficient (Wildman–Crippen LogP) is 0.164. The molecule has 1 aliphatic rings. The highest BCUT2D eigenvalue weighted by Gasteiger charge is 2.32. The first-order chi connectivity index (χ1) is 8.37. The molecule has 18 heavy (non-hydrogen) atoms. The number of sulfonamides is 1. The maximum absolute atomic E-state index is 11.6. The van der Waals surface area contributed by atoms with Crippen molar-refractivity contribution < 1.29 is 23.1 Å². The first-order valence-corrected chi connectivity index (χ1v) is 7.87. The topological polar surface area (TPSA) is 92.7 Å². The molecule has 0 radical (unpaired) electrons. The average molecular weight is 279 g/mol. The van der Waals surface area contributed by atoms with Crippen molar-refractivity contribution in [1.82, 2.24) is 4.72 Å². The van der Waals surface area contributed by atoms with Crippen molar-refractivity contribution in [1.29, 1.82) is 0 Å². The maximum Gasteiger partial charge on any atom is 0.306 e. The van der Waals surface area contributed by atoms with E-state index in [0.29, 0.717) is 12.8 Å². The third-order valence-corrected chi connectivity index (χ3v) is 4.36. The molecule has 0 bridgehead atoms. The average Bonchev–Trinajstić information content (AvgIpc) is 2.73. The van der Waals surface area contributed by atoms with Gasteiger partial charge in [0, 0.05) is 6.54 Å². The van der Waals surface area contributed by atoms with Crippen LogP contribution in [-0.2, 0) is 19.6 Å². The van der Waals surface area contributed by atoms with E-state index in [2.05, 4.69) is 9.46 Å². The molecule has 2 N–H and O–H groups in total. The zero-order chi connectivity index (χ0) is 13.6. The highest BCUT2D eigenvalue weighted by atomic mass is 32.2. The van der Waals surface area contributed by atoms with Gasteiger partial charge in [-0.2, -0.15) is 0 Å². The Bertz CT molecular complexity index is 373. The SMILES string of the molecule is CCOC(=O)CCS(=O)(=O)NCC1(O)CCCC1. The summed E-state index contributed by atoms with van der Waals surface area (Å²) in [6.07, 6.45) is 2.91. The molecule has 0 aromatic carbocycles. The van der Waals surface area contributed by atoms with Crippen LogP contribution in [0.3, 0.4) is 0 Å². The summed E-state index contributed by atoms with van der Waals surface area (Å²) in [6, 6.07) is 0. The van der Waals surface area contributed by atoms with E-state index in [1.165, 1.54) is 0 Å². The molecule has 1 saturated carbocycles. The van der Waals surface area contributed by atoms with Crippen LogP contribution in [0.2, 0.25) is 0 Å². The Labute approximate surface area is 108 Å². The summed E-state index contributed by atoms with van der Waals surface area (Å²) >= 11 is 0. The fraction of sp³-hybridized carbons (Fsp3) is 0.909. The Kier molecular flexibility index (Phi) is 5.55. The molecule has 0 heterocycles. The molecule has 0 aliphatic heterocycles. The van der Waals surface area contributed by atoms with Crippen molar-refractivity contribution in [2.75, 3.05) is 18.9 Å². The second-order valence-electron chi connectivity index (χ2n) is 4.63. The summed E-state index contributed by atoms with van der Waals surface area (Å²) in [4.78, 5) is 11.0. The van der Waals surface area contributed by atoms with Gasteiger partial charge in [0.15, 0.2) is 0 Å². The van der Waals surface area contributed by atoms with Crippen LogP contribution in [0.15, 0.2) is 0 Å². The number of aliphatic hydroxyl groups is 1. The summed E-state index contributed by atoms with van der Waals surface area (Å²) in [5.41, 5.74) is -0.920. The molecular formula is C11H21NO5S. The van der Waals surface area contributed by atoms with E-state index in [9.17, 15) is 18.3 Å². The van der Waals surface area contributed by atoms with Crippen molar-refractivity contribution in [3.05, 3.63) is 0 Å². The number of ether oxygens (including phenoxy) is 1. The molecule has 106 valence electrons. The zero-order valence-corrected chi connectivity index (χ0v) is 11.5. The van der Waals surface area contributed by atoms with Gasteiger partial charge in [-0.1, -0.05) is 12.8 Å². The lowest BCUT2D eigenvalue weighted by atomic mass is 10.0. The van der Waals surface area contributed by atoms with Gasteiger partial charge in [0.1, 0.15) is 0 Å². The Hall–Kier alpha value is -0.660. The van der Waals surface area contributed by atoms with E-state index in [1.807, 2.05) is 0 Å². The second kappa shape index (κ2) is 6.49. The van der Waals surface area contributed by atoms with Gasteiger partial charge in [-0.3, -0.25) is 4.79 Å². The highest BCUT2D eigenvalue weighted by Crippen LogP contribution is 2.28. The maximum atomic E-state index is 11.6. The zero-order valence-electron chi connectivity index (χ0n) is 10.6. The fourth-order valence-corrected chi connectivity index (χ4v) is 3.05. The normalized spacial score (nSPS) is 18.8. The Morgan fingerprint density at radius 1 is 1.39 bits per heavy atom. The minimum atomic E-state index is -3.53. The molecule has 7 heteroatoms. The minimum Gasteiger partial charge on any atom is -0.466 e. The second-order valence-corrected chi connectivity index (χ2v) is 6.55. The number of hydrogen-bond acceptors (Lipinski definition) is 5. The van der Waals surface area contributed by atoms with Crippen molar-refractivity contribution in [2.45, 2.75) is 44.6 Å². The Morgan fingerprint density at radius 3 is 2.56 bits per heavy atom. The van der Waals surface area contributed by atoms with Gasteiger partial charge in [0.25, 0.3) is 0 Å². The molecule has 0 unspecified atom stereocenters. The Balaban J connectivity index is 2.33. The van der Waals surface area contributed by atoms with Crippen LogP contribution in [-0.4, -0.2) is 44.0 Å². The molecular weight excluding hydrogens is 258 g/mol. The van der Waals surface area contributed by atoms with Gasteiger partial charge in [-0.15, -0.1) is 0 Å². The van der Waals surface area contributed by atoms with Gasteiger partial charge >= 0.3 is 5.97 Å². The van der Waals surface area contributed by atoms with Crippen LogP contribution >= 0.6 is 0 Å². The molecule has 0 saturated heterocycles. The van der Waals surface area contributed by atoms with Gasteiger partial charge < -0.3 is 9.84 Å². The predicted molar refractivity (Wildman–Crippen MR) is 66.5 cm³/mol. The molecule has 1 aliphatic carbocycles. The summed E-state index contributed by atoms with van der Waals surface area (Å²) in [5, 5.41) is 10.00. The quantitative estimate of drug-likeness (QED) is 0.648. The third-order valence-electron chi connectivity index (χ3n) is 3.04. The first-order valence-electron chi connectivity index (χ1n) is 6.22. The number of esters is 1. The lowest BCUT2D eigenvalue weighted by Crippen LogP contribution is -2.41. The molecule has 1 rings (SSSR count). The molecule has 1 fully saturated rings. The minimum absolute atomic E-state index is 0.0260. The van der Waals surface area contributed by atoms with Crippen LogP contribution in [0, 0.1) is 0 Å². The van der Waals surface area contributed by atoms with E-state index in [1.54, 1.807) is 6.92 Å². The molecule has 0 amide bonds. The molecule has 0 atom stereocenters. The number of carbonyl (C=O) groups is 1. The fourth-order valence-electron chi connectivity index (χ4n) is 1.98. The van der Waals surface area contributed by atoms with Crippen LogP contribution < -0.4 is 4.72 Å². The summed E-state index contributed by atoms with van der Waals surface area (Å²) in [7, 11) is -3.53. The molecule has 6 nitrogen and oxygen atoms in total. The van der Waals surface area contributed by atoms with Gasteiger partial charge in [-0.05, 0) is 19.8 Å². The van der Waals surface area contributed by atoms with Gasteiger partial charge in [0.2, 0.25) is 10.0 Å². The summed E-state index contributed by atoms with van der Waals surface area (Å²) < 4.78 is 30.2. The van der Waals surface area contributed by atoms with E-state index in [4.69, 9.17) is 0 Å². The number of hydrogen-bond donors (Lipinski definition) is 2. The van der Waals surface area contributed by atoms with Crippen molar-refractivity contribution >= 4 is 16.0 Å². The number of carbonyl (C=O) groups excluding carboxylic acids is 1. The van der Waals surface area contributed by atoms with Crippen molar-refractivity contribution in [3.63, 3.8) is 0 Å². The van der Waals surface area contributed by atoms with E-state index < -0.39 is 21.6 Å². The van der Waals surface area contributed by atoms with E-state index >= 15 is 0 Å². The van der Waals surface area contributed by atoms with Crippen LogP contribution in [0.1, 0.15) is 39.0 Å². The number of rotatable bonds is 7. The molecule has 0 aromatic heterocycles. The van der Waals surface area contributed by atoms with E-state index in [0.717, 1.165) is 12.8 Å². The Morgan fingerprint density at radius 2 is 2.00 bits per heavy atom. The molecule has 0 aromatic rings. The van der Waals surface area contributed by atoms with Crippen LogP contribution in [0.4, 0.5) is 0 Å². The van der Waals surface area contributed by atoms with Crippen molar-refractivity contribution in [2.24, 2.45) is 0 Å². The standard InChI is InChI=1S/C11H21NO5S/c1-2-17-10(13)5-8-18(15,16)12-9-11(14)6-3-4-7-11/h12,14H,2-9H2,1H3. The lowest BCUT2D eigenvalue weighted by Gasteiger charge is -2.22. The lowest BCUT2D eigenvalue weighted by molar-refractivity contribution is -0.142. The third kappa shape index (κ3) is 5.32. The smallest absolute Gasteiger partial charge is 0.306 e. The highest BCUT2D eigenvalue weighted by molar-refractivity contribution is 7.89. The van der Waals surface area contributed by atoms with E-state index in [-0.39, 0.29) is 25.3 Å². The van der Waals surface area contributed by atoms with Gasteiger partial charge in [0.05, 0.1) is 24.4 Å². The molecule has 0 spiro atoms. The summed E-state index contributed by atoms with van der Waals surface area (Å²) in [5.74, 6) is -0.829. The largest absolute Gasteiger partial charge is 0.466 e. The van der Waals surface area contributed by atoms with Crippen LogP contribution in [0.25, 0.3) is 0 Å². The van der Waals surface area contributed by atoms with Crippen LogP contribution in [0.5, 0.6) is 0 Å². The summed E-state index contributed by atoms with van der Waals surface area (Å²) in [6.45, 7) is 1.94. The number of nitrogens with one attached hydrogen (secondary N) is 1. The van der Waals surface area contributed by atoms with Gasteiger partial charge in [-0.25, -0.2) is 13.1 Å². The first kappa shape index (κ1) is 15.4. The monoisotopic (exact) mass is 279 g/mol. The van der Waals surface area contributed by atoms with Crippen molar-refractivity contribution in [3.8, 4) is 0 Å².